The van der Waals surface area contributed by atoms with Gasteiger partial charge in [0.15, 0.2) is 35.1 Å². The molecule has 4 heterocycles. The second-order valence-corrected chi connectivity index (χ2v) is 9.14. The minimum absolute atomic E-state index is 0.102. The number of aromatic nitrogens is 5. The third-order valence-electron chi connectivity index (χ3n) is 6.05. The Morgan fingerprint density at radius 3 is 2.84 bits per heavy atom. The summed E-state index contributed by atoms with van der Waals surface area (Å²) >= 11 is 6.13. The van der Waals surface area contributed by atoms with E-state index in [0.29, 0.717) is 21.7 Å². The van der Waals surface area contributed by atoms with Crippen LogP contribution < -0.4 is 10.6 Å². The number of carbonyl (C=O) groups is 1. The van der Waals surface area contributed by atoms with Crippen LogP contribution in [0.15, 0.2) is 55.8 Å². The number of aliphatic hydroxyl groups is 2. The minimum Gasteiger partial charge on any atom is -0.387 e. The third-order valence-corrected chi connectivity index (χ3v) is 6.25. The van der Waals surface area contributed by atoms with Gasteiger partial charge in [0.05, 0.1) is 11.3 Å². The number of hydrogen-bond acceptors (Lipinski definition) is 9. The van der Waals surface area contributed by atoms with Gasteiger partial charge in [0, 0.05) is 30.1 Å². The van der Waals surface area contributed by atoms with Crippen molar-refractivity contribution in [3.05, 3.63) is 77.7 Å². The van der Waals surface area contributed by atoms with Crippen molar-refractivity contribution in [3.63, 3.8) is 0 Å². The lowest BCUT2D eigenvalue weighted by Gasteiger charge is -2.17. The molecule has 1 fully saturated rings. The van der Waals surface area contributed by atoms with Gasteiger partial charge in [-0.3, -0.25) is 14.3 Å². The average molecular weight is 540 g/mol. The molecule has 0 unspecified atom stereocenters. The molecule has 11 nitrogen and oxygen atoms in total. The zero-order chi connectivity index (χ0) is 27.0. The molecule has 0 spiro atoms. The van der Waals surface area contributed by atoms with Crippen molar-refractivity contribution in [2.24, 2.45) is 0 Å². The quantitative estimate of drug-likeness (QED) is 0.278. The number of hydrogen-bond donors (Lipinski definition) is 4. The first-order valence-corrected chi connectivity index (χ1v) is 11.9. The zero-order valence-electron chi connectivity index (χ0n) is 20.0. The molecule has 0 radical (unpaired) electrons. The van der Waals surface area contributed by atoms with Crippen LogP contribution in [-0.2, 0) is 16.1 Å². The molecule has 4 N–H and O–H groups in total. The lowest BCUT2D eigenvalue weighted by atomic mass is 10.1. The summed E-state index contributed by atoms with van der Waals surface area (Å²) in [5, 5.41) is 27.0. The number of rotatable bonds is 7. The molecule has 0 bridgehead atoms. The molecule has 0 aliphatic carbocycles. The molecule has 13 heteroatoms. The van der Waals surface area contributed by atoms with Crippen molar-refractivity contribution in [2.75, 3.05) is 5.32 Å². The van der Waals surface area contributed by atoms with Gasteiger partial charge in [0.25, 0.3) is 5.91 Å². The zero-order valence-corrected chi connectivity index (χ0v) is 20.8. The van der Waals surface area contributed by atoms with Crippen LogP contribution in [0.25, 0.3) is 22.6 Å². The van der Waals surface area contributed by atoms with Crippen LogP contribution in [0.3, 0.4) is 0 Å². The summed E-state index contributed by atoms with van der Waals surface area (Å²) in [6, 6.07) is 6.42. The molecule has 1 aromatic carbocycles. The first-order chi connectivity index (χ1) is 18.3. The SMILES string of the molecule is C=CNC(=O)[C@H]1O[C@@H](n2cnc3c(NCc4cc(C)ccc4F)nc(-c4cncc(Cl)c4)nc32)[C@H](O)[C@@H]1O. The second kappa shape index (κ2) is 10.4. The number of nitrogens with zero attached hydrogens (tertiary/aromatic N) is 5. The number of fused-ring (bicyclic) bond motifs is 1. The molecule has 1 amide bonds. The van der Waals surface area contributed by atoms with Gasteiger partial charge in [-0.2, -0.15) is 0 Å². The summed E-state index contributed by atoms with van der Waals surface area (Å²) in [7, 11) is 0. The molecule has 5 rings (SSSR count). The predicted octanol–water partition coefficient (Wildman–Crippen LogP) is 2.48. The smallest absolute Gasteiger partial charge is 0.255 e. The van der Waals surface area contributed by atoms with Crippen molar-refractivity contribution in [1.29, 1.82) is 0 Å². The number of aliphatic hydroxyl groups excluding tert-OH is 2. The monoisotopic (exact) mass is 539 g/mol. The Balaban J connectivity index is 1.58. The van der Waals surface area contributed by atoms with Gasteiger partial charge >= 0.3 is 0 Å². The molecule has 196 valence electrons. The standard InChI is InChI=1S/C25H23ClFN7O4/c1-3-29-24(37)20-18(35)19(36)25(38-20)34-11-31-17-22(30-9-13-6-12(2)4-5-16(13)27)32-21(33-23(17)34)14-7-15(26)10-28-8-14/h3-8,10-11,18-20,25,35-36H,1,9H2,2H3,(H,29,37)(H,30,32,33)/t18-,19+,20-,25+/m0/s1. The Morgan fingerprint density at radius 1 is 1.26 bits per heavy atom. The summed E-state index contributed by atoms with van der Waals surface area (Å²) in [6.07, 6.45) is -0.0485. The highest BCUT2D eigenvalue weighted by Crippen LogP contribution is 2.34. The molecular formula is C25H23ClFN7O4. The van der Waals surface area contributed by atoms with Crippen LogP contribution in [0.4, 0.5) is 10.2 Å². The summed E-state index contributed by atoms with van der Waals surface area (Å²) in [5.41, 5.74) is 2.33. The number of aryl methyl sites for hydroxylation is 1. The van der Waals surface area contributed by atoms with Crippen molar-refractivity contribution in [1.82, 2.24) is 29.8 Å². The molecule has 1 aliphatic rings. The summed E-state index contributed by atoms with van der Waals surface area (Å²) in [4.78, 5) is 29.9. The molecule has 3 aromatic heterocycles. The Bertz CT molecular complexity index is 1530. The Hall–Kier alpha value is -3.97. The van der Waals surface area contributed by atoms with E-state index in [2.05, 4.69) is 37.1 Å². The van der Waals surface area contributed by atoms with Gasteiger partial charge in [-0.1, -0.05) is 35.9 Å². The molecule has 1 aliphatic heterocycles. The van der Waals surface area contributed by atoms with E-state index in [1.807, 2.05) is 6.92 Å². The second-order valence-electron chi connectivity index (χ2n) is 8.70. The number of imidazole rings is 1. The number of nitrogens with one attached hydrogen (secondary N) is 2. The fraction of sp³-hybridized carbons (Fsp3) is 0.240. The Morgan fingerprint density at radius 2 is 2.08 bits per heavy atom. The van der Waals surface area contributed by atoms with Gasteiger partial charge in [0.2, 0.25) is 0 Å². The molecule has 0 saturated carbocycles. The maximum Gasteiger partial charge on any atom is 0.255 e. The van der Waals surface area contributed by atoms with Crippen molar-refractivity contribution in [3.8, 4) is 11.4 Å². The van der Waals surface area contributed by atoms with E-state index in [4.69, 9.17) is 16.3 Å². The highest BCUT2D eigenvalue weighted by atomic mass is 35.5. The highest BCUT2D eigenvalue weighted by molar-refractivity contribution is 6.30. The van der Waals surface area contributed by atoms with E-state index in [0.717, 1.165) is 11.8 Å². The number of carbonyl (C=O) groups excluding carboxylic acids is 1. The normalized spacial score (nSPS) is 21.0. The summed E-state index contributed by atoms with van der Waals surface area (Å²) in [6.45, 7) is 5.39. The molecule has 1 saturated heterocycles. The van der Waals surface area contributed by atoms with Crippen LogP contribution >= 0.6 is 11.6 Å². The maximum atomic E-state index is 14.4. The Kier molecular flexibility index (Phi) is 7.04. The number of halogens is 2. The van der Waals surface area contributed by atoms with Crippen molar-refractivity contribution < 1.29 is 24.1 Å². The van der Waals surface area contributed by atoms with E-state index in [9.17, 15) is 19.4 Å². The molecular weight excluding hydrogens is 517 g/mol. The Labute approximate surface area is 221 Å². The largest absolute Gasteiger partial charge is 0.387 e. The van der Waals surface area contributed by atoms with Crippen molar-refractivity contribution >= 4 is 34.5 Å². The first-order valence-electron chi connectivity index (χ1n) is 11.5. The fourth-order valence-corrected chi connectivity index (χ4v) is 4.37. The van der Waals surface area contributed by atoms with Gasteiger partial charge in [-0.15, -0.1) is 0 Å². The van der Waals surface area contributed by atoms with Crippen LogP contribution in [0.5, 0.6) is 0 Å². The van der Waals surface area contributed by atoms with Gasteiger partial charge in [0.1, 0.15) is 18.0 Å². The van der Waals surface area contributed by atoms with Crippen LogP contribution in [0, 0.1) is 12.7 Å². The van der Waals surface area contributed by atoms with Crippen molar-refractivity contribution in [2.45, 2.75) is 38.0 Å². The summed E-state index contributed by atoms with van der Waals surface area (Å²) in [5.74, 6) is -0.547. The van der Waals surface area contributed by atoms with E-state index < -0.39 is 30.4 Å². The number of pyridine rings is 1. The van der Waals surface area contributed by atoms with Crippen LogP contribution in [0.1, 0.15) is 17.4 Å². The lowest BCUT2D eigenvalue weighted by molar-refractivity contribution is -0.136. The minimum atomic E-state index is -1.52. The van der Waals surface area contributed by atoms with E-state index in [1.165, 1.54) is 29.4 Å². The topological polar surface area (TPSA) is 147 Å². The van der Waals surface area contributed by atoms with E-state index in [-0.39, 0.29) is 29.7 Å². The number of benzene rings is 1. The van der Waals surface area contributed by atoms with E-state index >= 15 is 0 Å². The number of anilines is 1. The van der Waals surface area contributed by atoms with Crippen LogP contribution in [-0.4, -0.2) is 58.9 Å². The number of amides is 1. The van der Waals surface area contributed by atoms with E-state index in [1.54, 1.807) is 18.2 Å². The molecule has 38 heavy (non-hydrogen) atoms. The van der Waals surface area contributed by atoms with Gasteiger partial charge < -0.3 is 25.6 Å². The maximum absolute atomic E-state index is 14.4. The fourth-order valence-electron chi connectivity index (χ4n) is 4.20. The van der Waals surface area contributed by atoms with Gasteiger partial charge in [-0.05, 0) is 25.3 Å². The third kappa shape index (κ3) is 4.82. The van der Waals surface area contributed by atoms with Gasteiger partial charge in [-0.25, -0.2) is 19.3 Å². The molecule has 4 aromatic rings. The summed E-state index contributed by atoms with van der Waals surface area (Å²) < 4.78 is 21.5. The lowest BCUT2D eigenvalue weighted by Crippen LogP contribution is -2.40. The molecule has 4 atom stereocenters. The van der Waals surface area contributed by atoms with Crippen LogP contribution in [0.2, 0.25) is 5.02 Å². The number of ether oxygens (including phenoxy) is 1. The highest BCUT2D eigenvalue weighted by Gasteiger charge is 2.47. The average Bonchev–Trinajstić information content (AvgIpc) is 3.45. The first kappa shape index (κ1) is 25.7. The predicted molar refractivity (Wildman–Crippen MR) is 136 cm³/mol.